The van der Waals surface area contributed by atoms with Gasteiger partial charge in [-0.3, -0.25) is 9.69 Å². The molecular weight excluding hydrogens is 384 g/mol. The highest BCUT2D eigenvalue weighted by molar-refractivity contribution is 8.00. The van der Waals surface area contributed by atoms with E-state index in [2.05, 4.69) is 17.1 Å². The van der Waals surface area contributed by atoms with E-state index in [-0.39, 0.29) is 5.91 Å². The van der Waals surface area contributed by atoms with Gasteiger partial charge in [-0.15, -0.1) is 0 Å². The smallest absolute Gasteiger partial charge is 0.230 e. The topological polar surface area (TPSA) is 67.4 Å². The first kappa shape index (κ1) is 20.6. The molecular formula is C22H30N4O2S. The van der Waals surface area contributed by atoms with Crippen molar-refractivity contribution < 1.29 is 9.53 Å². The molecule has 1 aliphatic carbocycles. The van der Waals surface area contributed by atoms with E-state index < -0.39 is 0 Å². The fourth-order valence-electron chi connectivity index (χ4n) is 4.15. The van der Waals surface area contributed by atoms with E-state index in [9.17, 15) is 4.79 Å². The molecule has 1 amide bonds. The van der Waals surface area contributed by atoms with Crippen LogP contribution in [0.4, 0.5) is 0 Å². The van der Waals surface area contributed by atoms with Crippen molar-refractivity contribution >= 4 is 28.6 Å². The number of fused-ring (bicyclic) bond motifs is 1. The van der Waals surface area contributed by atoms with Crippen molar-refractivity contribution in [1.82, 2.24) is 20.2 Å². The maximum absolute atomic E-state index is 12.6. The van der Waals surface area contributed by atoms with Crippen LogP contribution in [0.2, 0.25) is 0 Å². The summed E-state index contributed by atoms with van der Waals surface area (Å²) >= 11 is 1.52. The van der Waals surface area contributed by atoms with E-state index in [0.29, 0.717) is 24.3 Å². The predicted molar refractivity (Wildman–Crippen MR) is 116 cm³/mol. The minimum absolute atomic E-state index is 0.103. The maximum Gasteiger partial charge on any atom is 0.230 e. The number of ether oxygens (including phenoxy) is 1. The van der Waals surface area contributed by atoms with Crippen LogP contribution in [0.15, 0.2) is 29.3 Å². The first-order chi connectivity index (χ1) is 14.2. The molecule has 0 radical (unpaired) electrons. The summed E-state index contributed by atoms with van der Waals surface area (Å²) in [6, 6.07) is 8.38. The number of hydrogen-bond donors (Lipinski definition) is 1. The molecule has 2 aliphatic rings. The van der Waals surface area contributed by atoms with Crippen molar-refractivity contribution in [3.63, 3.8) is 0 Å². The van der Waals surface area contributed by atoms with Crippen molar-refractivity contribution in [2.45, 2.75) is 50.2 Å². The van der Waals surface area contributed by atoms with Gasteiger partial charge in [0.25, 0.3) is 0 Å². The van der Waals surface area contributed by atoms with Gasteiger partial charge >= 0.3 is 0 Å². The fraction of sp³-hybridized carbons (Fsp3) is 0.591. The molecule has 1 aliphatic heterocycles. The Morgan fingerprint density at radius 3 is 2.83 bits per heavy atom. The van der Waals surface area contributed by atoms with Crippen LogP contribution in [0.1, 0.15) is 38.4 Å². The van der Waals surface area contributed by atoms with E-state index in [4.69, 9.17) is 14.7 Å². The van der Waals surface area contributed by atoms with Gasteiger partial charge in [0.05, 0.1) is 31.0 Å². The van der Waals surface area contributed by atoms with Crippen molar-refractivity contribution in [2.24, 2.45) is 5.92 Å². The van der Waals surface area contributed by atoms with E-state index in [1.165, 1.54) is 31.0 Å². The Labute approximate surface area is 176 Å². The summed E-state index contributed by atoms with van der Waals surface area (Å²) in [5, 5.41) is 5.15. The molecule has 7 heteroatoms. The number of carbonyl (C=O) groups is 1. The standard InChI is InChI=1S/C22H30N4O2S/c1-16-6-2-4-8-18(16)24-21(27)15-29-22-17-7-3-5-9-19(17)23-20(25-22)14-26-10-12-28-13-11-26/h3,5,7,9,16,18H,2,4,6,8,10-15H2,1H3,(H,24,27). The zero-order chi connectivity index (χ0) is 20.1. The zero-order valence-corrected chi connectivity index (χ0v) is 17.9. The number of aromatic nitrogens is 2. The van der Waals surface area contributed by atoms with Gasteiger partial charge in [0.1, 0.15) is 10.9 Å². The molecule has 1 aromatic carbocycles. The average Bonchev–Trinajstić information content (AvgIpc) is 2.74. The highest BCUT2D eigenvalue weighted by Gasteiger charge is 2.23. The number of thioether (sulfide) groups is 1. The molecule has 2 atom stereocenters. The molecule has 2 unspecified atom stereocenters. The number of para-hydroxylation sites is 1. The average molecular weight is 415 g/mol. The van der Waals surface area contributed by atoms with Gasteiger partial charge < -0.3 is 10.1 Å². The number of nitrogens with one attached hydrogen (secondary N) is 1. The molecule has 1 saturated heterocycles. The lowest BCUT2D eigenvalue weighted by molar-refractivity contribution is -0.119. The van der Waals surface area contributed by atoms with Crippen LogP contribution in [-0.2, 0) is 16.1 Å². The van der Waals surface area contributed by atoms with E-state index in [0.717, 1.165) is 54.5 Å². The predicted octanol–water partition coefficient (Wildman–Crippen LogP) is 3.25. The monoisotopic (exact) mass is 414 g/mol. The van der Waals surface area contributed by atoms with Crippen LogP contribution < -0.4 is 5.32 Å². The van der Waals surface area contributed by atoms with Crippen LogP contribution in [-0.4, -0.2) is 58.9 Å². The lowest BCUT2D eigenvalue weighted by Gasteiger charge is -2.29. The molecule has 1 N–H and O–H groups in total. The van der Waals surface area contributed by atoms with Crippen molar-refractivity contribution in [3.8, 4) is 0 Å². The molecule has 6 nitrogen and oxygen atoms in total. The number of rotatable bonds is 6. The minimum atomic E-state index is 0.103. The molecule has 0 bridgehead atoms. The van der Waals surface area contributed by atoms with Crippen molar-refractivity contribution in [1.29, 1.82) is 0 Å². The minimum Gasteiger partial charge on any atom is -0.379 e. The Kier molecular flexibility index (Phi) is 7.00. The molecule has 29 heavy (non-hydrogen) atoms. The molecule has 4 rings (SSSR count). The Morgan fingerprint density at radius 1 is 1.21 bits per heavy atom. The third-order valence-corrected chi connectivity index (χ3v) is 6.87. The number of benzene rings is 1. The Bertz CT molecular complexity index is 841. The number of carbonyl (C=O) groups excluding carboxylic acids is 1. The Hall–Kier alpha value is -1.70. The first-order valence-corrected chi connectivity index (χ1v) is 11.7. The van der Waals surface area contributed by atoms with E-state index in [1.54, 1.807) is 0 Å². The largest absolute Gasteiger partial charge is 0.379 e. The van der Waals surface area contributed by atoms with Crippen LogP contribution in [0, 0.1) is 5.92 Å². The van der Waals surface area contributed by atoms with Gasteiger partial charge in [0, 0.05) is 24.5 Å². The number of hydrogen-bond acceptors (Lipinski definition) is 6. The summed E-state index contributed by atoms with van der Waals surface area (Å²) in [5.74, 6) is 1.87. The van der Waals surface area contributed by atoms with E-state index >= 15 is 0 Å². The number of morpholine rings is 1. The molecule has 1 saturated carbocycles. The highest BCUT2D eigenvalue weighted by atomic mass is 32.2. The highest BCUT2D eigenvalue weighted by Crippen LogP contribution is 2.27. The Balaban J connectivity index is 1.44. The van der Waals surface area contributed by atoms with Crippen LogP contribution in [0.25, 0.3) is 10.9 Å². The van der Waals surface area contributed by atoms with Gasteiger partial charge in [-0.1, -0.05) is 49.7 Å². The third-order valence-electron chi connectivity index (χ3n) is 5.88. The van der Waals surface area contributed by atoms with Gasteiger partial charge in [-0.05, 0) is 24.8 Å². The molecule has 2 aromatic rings. The Morgan fingerprint density at radius 2 is 2.00 bits per heavy atom. The molecule has 156 valence electrons. The normalized spacial score (nSPS) is 23.2. The molecule has 0 spiro atoms. The molecule has 2 heterocycles. The van der Waals surface area contributed by atoms with Crippen LogP contribution >= 0.6 is 11.8 Å². The molecule has 1 aromatic heterocycles. The van der Waals surface area contributed by atoms with Crippen LogP contribution in [0.3, 0.4) is 0 Å². The van der Waals surface area contributed by atoms with Crippen molar-refractivity contribution in [2.75, 3.05) is 32.1 Å². The second-order valence-electron chi connectivity index (χ2n) is 8.08. The second kappa shape index (κ2) is 9.87. The second-order valence-corrected chi connectivity index (χ2v) is 9.04. The van der Waals surface area contributed by atoms with Gasteiger partial charge in [-0.25, -0.2) is 9.97 Å². The number of amides is 1. The number of nitrogens with zero attached hydrogens (tertiary/aromatic N) is 3. The molecule has 2 fully saturated rings. The lowest BCUT2D eigenvalue weighted by atomic mass is 9.86. The maximum atomic E-state index is 12.6. The van der Waals surface area contributed by atoms with Crippen LogP contribution in [0.5, 0.6) is 0 Å². The summed E-state index contributed by atoms with van der Waals surface area (Å²) < 4.78 is 5.44. The lowest BCUT2D eigenvalue weighted by Crippen LogP contribution is -2.41. The zero-order valence-electron chi connectivity index (χ0n) is 17.1. The van der Waals surface area contributed by atoms with Crippen molar-refractivity contribution in [3.05, 3.63) is 30.1 Å². The van der Waals surface area contributed by atoms with Gasteiger partial charge in [0.15, 0.2) is 0 Å². The summed E-state index contributed by atoms with van der Waals surface area (Å²) in [7, 11) is 0. The summed E-state index contributed by atoms with van der Waals surface area (Å²) in [4.78, 5) is 24.5. The van der Waals surface area contributed by atoms with Gasteiger partial charge in [-0.2, -0.15) is 0 Å². The quantitative estimate of drug-likeness (QED) is 0.578. The summed E-state index contributed by atoms with van der Waals surface area (Å²) in [6.45, 7) is 6.28. The summed E-state index contributed by atoms with van der Waals surface area (Å²) in [6.07, 6.45) is 4.79. The first-order valence-electron chi connectivity index (χ1n) is 10.7. The fourth-order valence-corrected chi connectivity index (χ4v) is 5.00. The SMILES string of the molecule is CC1CCCCC1NC(=O)CSc1nc(CN2CCOCC2)nc2ccccc12. The van der Waals surface area contributed by atoms with Gasteiger partial charge in [0.2, 0.25) is 5.91 Å². The summed E-state index contributed by atoms with van der Waals surface area (Å²) in [5.41, 5.74) is 0.939. The third kappa shape index (κ3) is 5.47. The van der Waals surface area contributed by atoms with E-state index in [1.807, 2.05) is 24.3 Å².